The molecule has 2 heterocycles. The SMILES string of the molecule is CC=C[C@@H]1Oc2ccc(OC)cc2N2C(=O)[C@H](C)[C@@H](OCOC)[C@H]12. The molecule has 0 aliphatic carbocycles. The van der Waals surface area contributed by atoms with Gasteiger partial charge in [0.1, 0.15) is 30.4 Å². The highest BCUT2D eigenvalue weighted by molar-refractivity contribution is 6.01. The number of nitrogens with zero attached hydrogens (tertiary/aromatic N) is 1. The van der Waals surface area contributed by atoms with E-state index in [2.05, 4.69) is 0 Å². The van der Waals surface area contributed by atoms with Gasteiger partial charge < -0.3 is 18.9 Å². The molecule has 4 atom stereocenters. The van der Waals surface area contributed by atoms with E-state index in [0.29, 0.717) is 11.5 Å². The first kappa shape index (κ1) is 16.8. The van der Waals surface area contributed by atoms with Crippen LogP contribution in [0.5, 0.6) is 11.5 Å². The highest BCUT2D eigenvalue weighted by Crippen LogP contribution is 2.45. The van der Waals surface area contributed by atoms with Crippen molar-refractivity contribution >= 4 is 11.6 Å². The molecule has 3 rings (SSSR count). The minimum atomic E-state index is -0.307. The number of hydrogen-bond donors (Lipinski definition) is 0. The molecular formula is C18H23NO5. The molecule has 0 spiro atoms. The van der Waals surface area contributed by atoms with E-state index in [1.807, 2.05) is 44.2 Å². The van der Waals surface area contributed by atoms with Crippen LogP contribution in [0.25, 0.3) is 0 Å². The molecule has 0 N–H and O–H groups in total. The number of ether oxygens (including phenoxy) is 4. The molecule has 6 heteroatoms. The molecule has 0 saturated carbocycles. The number of allylic oxidation sites excluding steroid dienone is 1. The standard InChI is InChI=1S/C18H23NO5/c1-5-6-15-16-17(23-10-21-3)11(2)18(20)19(16)13-9-12(22-4)7-8-14(13)24-15/h5-9,11,15-17H,10H2,1-4H3/t11-,15+,16+,17-/m1/s1. The third-order valence-electron chi connectivity index (χ3n) is 4.54. The first-order chi connectivity index (χ1) is 11.6. The molecule has 1 aromatic carbocycles. The van der Waals surface area contributed by atoms with Crippen molar-refractivity contribution in [2.24, 2.45) is 5.92 Å². The second-order valence-corrected chi connectivity index (χ2v) is 5.97. The molecule has 1 saturated heterocycles. The second kappa shape index (κ2) is 6.83. The van der Waals surface area contributed by atoms with Gasteiger partial charge in [-0.05, 0) is 25.1 Å². The number of rotatable bonds is 5. The highest BCUT2D eigenvalue weighted by Gasteiger charge is 2.53. The molecule has 1 fully saturated rings. The van der Waals surface area contributed by atoms with Gasteiger partial charge >= 0.3 is 0 Å². The maximum atomic E-state index is 12.9. The molecule has 0 unspecified atom stereocenters. The Morgan fingerprint density at radius 3 is 2.79 bits per heavy atom. The zero-order chi connectivity index (χ0) is 17.3. The summed E-state index contributed by atoms with van der Waals surface area (Å²) in [6, 6.07) is 5.26. The third-order valence-corrected chi connectivity index (χ3v) is 4.54. The fourth-order valence-electron chi connectivity index (χ4n) is 3.42. The van der Waals surface area contributed by atoms with E-state index < -0.39 is 0 Å². The molecule has 6 nitrogen and oxygen atoms in total. The lowest BCUT2D eigenvalue weighted by molar-refractivity contribution is -0.125. The van der Waals surface area contributed by atoms with E-state index in [0.717, 1.165) is 5.69 Å². The van der Waals surface area contributed by atoms with Gasteiger partial charge in [0.05, 0.1) is 24.8 Å². The summed E-state index contributed by atoms with van der Waals surface area (Å²) in [6.07, 6.45) is 3.31. The predicted octanol–water partition coefficient (Wildman–Crippen LogP) is 2.37. The number of hydrogen-bond acceptors (Lipinski definition) is 5. The van der Waals surface area contributed by atoms with Crippen LogP contribution in [0.3, 0.4) is 0 Å². The van der Waals surface area contributed by atoms with Gasteiger partial charge in [0.15, 0.2) is 0 Å². The van der Waals surface area contributed by atoms with Crippen LogP contribution in [0.4, 0.5) is 5.69 Å². The minimum absolute atomic E-state index is 0.0217. The van der Waals surface area contributed by atoms with Crippen molar-refractivity contribution in [1.29, 1.82) is 0 Å². The molecule has 1 aromatic rings. The van der Waals surface area contributed by atoms with E-state index >= 15 is 0 Å². The van der Waals surface area contributed by atoms with Gasteiger partial charge in [-0.1, -0.05) is 13.0 Å². The van der Waals surface area contributed by atoms with Crippen LogP contribution in [-0.2, 0) is 14.3 Å². The van der Waals surface area contributed by atoms with Gasteiger partial charge in [0, 0.05) is 13.2 Å². The van der Waals surface area contributed by atoms with Gasteiger partial charge in [-0.3, -0.25) is 9.69 Å². The van der Waals surface area contributed by atoms with Gasteiger partial charge in [0.25, 0.3) is 0 Å². The number of amides is 1. The normalized spacial score (nSPS) is 28.7. The molecule has 130 valence electrons. The third kappa shape index (κ3) is 2.65. The Kier molecular flexibility index (Phi) is 4.78. The monoisotopic (exact) mass is 333 g/mol. The van der Waals surface area contributed by atoms with Crippen molar-refractivity contribution in [2.45, 2.75) is 32.1 Å². The lowest BCUT2D eigenvalue weighted by Crippen LogP contribution is -2.51. The summed E-state index contributed by atoms with van der Waals surface area (Å²) >= 11 is 0. The van der Waals surface area contributed by atoms with E-state index in [1.165, 1.54) is 0 Å². The fraction of sp³-hybridized carbons (Fsp3) is 0.500. The summed E-state index contributed by atoms with van der Waals surface area (Å²) in [5.41, 5.74) is 0.723. The Morgan fingerprint density at radius 1 is 1.33 bits per heavy atom. The summed E-state index contributed by atoms with van der Waals surface area (Å²) in [5, 5.41) is 0. The van der Waals surface area contributed by atoms with Gasteiger partial charge in [-0.2, -0.15) is 0 Å². The average Bonchev–Trinajstić information content (AvgIpc) is 2.85. The van der Waals surface area contributed by atoms with E-state index in [9.17, 15) is 4.79 Å². The number of carbonyl (C=O) groups is 1. The lowest BCUT2D eigenvalue weighted by atomic mass is 9.97. The Morgan fingerprint density at radius 2 is 2.12 bits per heavy atom. The Hall–Kier alpha value is -2.05. The number of fused-ring (bicyclic) bond motifs is 3. The number of benzene rings is 1. The molecule has 0 bridgehead atoms. The molecule has 0 radical (unpaired) electrons. The van der Waals surface area contributed by atoms with Gasteiger partial charge in [-0.25, -0.2) is 0 Å². The zero-order valence-corrected chi connectivity index (χ0v) is 14.4. The number of carbonyl (C=O) groups excluding carboxylic acids is 1. The highest BCUT2D eigenvalue weighted by atomic mass is 16.7. The average molecular weight is 333 g/mol. The summed E-state index contributed by atoms with van der Waals surface area (Å²) in [5.74, 6) is 1.09. The fourth-order valence-corrected chi connectivity index (χ4v) is 3.42. The van der Waals surface area contributed by atoms with Crippen molar-refractivity contribution in [1.82, 2.24) is 0 Å². The number of anilines is 1. The predicted molar refractivity (Wildman–Crippen MR) is 89.4 cm³/mol. The Balaban J connectivity index is 2.06. The van der Waals surface area contributed by atoms with Gasteiger partial charge in [-0.15, -0.1) is 0 Å². The molecule has 2 aliphatic rings. The van der Waals surface area contributed by atoms with Crippen molar-refractivity contribution in [3.05, 3.63) is 30.4 Å². The van der Waals surface area contributed by atoms with Gasteiger partial charge in [0.2, 0.25) is 5.91 Å². The number of methoxy groups -OCH3 is 2. The van der Waals surface area contributed by atoms with E-state index in [-0.39, 0.29) is 36.9 Å². The maximum Gasteiger partial charge on any atom is 0.233 e. The summed E-state index contributed by atoms with van der Waals surface area (Å²) in [6.45, 7) is 3.95. The van der Waals surface area contributed by atoms with Crippen LogP contribution in [0.1, 0.15) is 13.8 Å². The minimum Gasteiger partial charge on any atom is -0.497 e. The summed E-state index contributed by atoms with van der Waals surface area (Å²) in [4.78, 5) is 14.7. The summed E-state index contributed by atoms with van der Waals surface area (Å²) in [7, 11) is 3.17. The maximum absolute atomic E-state index is 12.9. The van der Waals surface area contributed by atoms with Crippen molar-refractivity contribution < 1.29 is 23.7 Å². The van der Waals surface area contributed by atoms with Crippen molar-refractivity contribution in [3.8, 4) is 11.5 Å². The van der Waals surface area contributed by atoms with Crippen LogP contribution in [0.2, 0.25) is 0 Å². The molecular weight excluding hydrogens is 310 g/mol. The van der Waals surface area contributed by atoms with Crippen LogP contribution in [0.15, 0.2) is 30.4 Å². The molecule has 2 aliphatic heterocycles. The van der Waals surface area contributed by atoms with Crippen molar-refractivity contribution in [2.75, 3.05) is 25.9 Å². The summed E-state index contributed by atoms with van der Waals surface area (Å²) < 4.78 is 22.3. The van der Waals surface area contributed by atoms with E-state index in [4.69, 9.17) is 18.9 Å². The quantitative estimate of drug-likeness (QED) is 0.612. The largest absolute Gasteiger partial charge is 0.497 e. The van der Waals surface area contributed by atoms with Crippen LogP contribution < -0.4 is 14.4 Å². The molecule has 0 aromatic heterocycles. The second-order valence-electron chi connectivity index (χ2n) is 5.97. The van der Waals surface area contributed by atoms with Crippen molar-refractivity contribution in [3.63, 3.8) is 0 Å². The smallest absolute Gasteiger partial charge is 0.233 e. The first-order valence-corrected chi connectivity index (χ1v) is 8.03. The lowest BCUT2D eigenvalue weighted by Gasteiger charge is -2.39. The topological polar surface area (TPSA) is 57.2 Å². The van der Waals surface area contributed by atoms with E-state index in [1.54, 1.807) is 19.1 Å². The Bertz CT molecular complexity index is 644. The van der Waals surface area contributed by atoms with Crippen LogP contribution in [0, 0.1) is 5.92 Å². The Labute approximate surface area is 141 Å². The molecule has 24 heavy (non-hydrogen) atoms. The first-order valence-electron chi connectivity index (χ1n) is 8.03. The molecule has 1 amide bonds. The van der Waals surface area contributed by atoms with Crippen LogP contribution >= 0.6 is 0 Å². The van der Waals surface area contributed by atoms with Crippen LogP contribution in [-0.4, -0.2) is 45.2 Å². The zero-order valence-electron chi connectivity index (χ0n) is 14.4.